The van der Waals surface area contributed by atoms with Gasteiger partial charge in [-0.1, -0.05) is 62.7 Å². The Morgan fingerprint density at radius 3 is 2.30 bits per heavy atom. The van der Waals surface area contributed by atoms with Crippen molar-refractivity contribution in [2.45, 2.75) is 32.6 Å². The van der Waals surface area contributed by atoms with Crippen LogP contribution in [0.2, 0.25) is 0 Å². The summed E-state index contributed by atoms with van der Waals surface area (Å²) in [6, 6.07) is 20.7. The van der Waals surface area contributed by atoms with Crippen molar-refractivity contribution >= 4 is 5.97 Å². The van der Waals surface area contributed by atoms with E-state index >= 15 is 0 Å². The van der Waals surface area contributed by atoms with Gasteiger partial charge in [0, 0.05) is 6.08 Å². The Balaban J connectivity index is 1.49. The highest BCUT2D eigenvalue weighted by Crippen LogP contribution is 2.40. The lowest BCUT2D eigenvalue weighted by atomic mass is 9.99. The van der Waals surface area contributed by atoms with E-state index in [9.17, 15) is 4.79 Å². The van der Waals surface area contributed by atoms with Crippen molar-refractivity contribution in [3.63, 3.8) is 0 Å². The molecule has 0 fully saturated rings. The van der Waals surface area contributed by atoms with E-state index in [1.807, 2.05) is 30.3 Å². The van der Waals surface area contributed by atoms with Crippen LogP contribution in [0.4, 0.5) is 0 Å². The lowest BCUT2D eigenvalue weighted by molar-refractivity contribution is -0.128. The maximum atomic E-state index is 11.5. The van der Waals surface area contributed by atoms with Gasteiger partial charge in [0.1, 0.15) is 11.5 Å². The molecule has 0 atom stereocenters. The topological polar surface area (TPSA) is 35.5 Å². The zero-order valence-corrected chi connectivity index (χ0v) is 17.3. The molecule has 3 aromatic rings. The molecule has 0 unspecified atom stereocenters. The molecule has 0 bridgehead atoms. The van der Waals surface area contributed by atoms with Gasteiger partial charge in [-0.05, 0) is 70.5 Å². The molecule has 152 valence electrons. The van der Waals surface area contributed by atoms with E-state index < -0.39 is 5.97 Å². The molecule has 0 amide bonds. The van der Waals surface area contributed by atoms with Gasteiger partial charge in [-0.25, -0.2) is 4.79 Å². The molecule has 0 aliphatic heterocycles. The molecule has 3 heteroatoms. The third-order valence-electron chi connectivity index (χ3n) is 5.44. The summed E-state index contributed by atoms with van der Waals surface area (Å²) in [4.78, 5) is 11.5. The maximum absolute atomic E-state index is 11.5. The largest absolute Gasteiger partial charge is 0.494 e. The number of ether oxygens (including phenoxy) is 2. The predicted molar refractivity (Wildman–Crippen MR) is 121 cm³/mol. The molecular weight excluding hydrogens is 372 g/mol. The molecule has 0 spiro atoms. The van der Waals surface area contributed by atoms with E-state index in [4.69, 9.17) is 9.47 Å². The number of hydrogen-bond acceptors (Lipinski definition) is 3. The van der Waals surface area contributed by atoms with Gasteiger partial charge in [0.15, 0.2) is 0 Å². The number of unbranched alkanes of at least 4 members (excludes halogenated alkanes) is 2. The first-order valence-electron chi connectivity index (χ1n) is 10.5. The van der Waals surface area contributed by atoms with Gasteiger partial charge in [-0.2, -0.15) is 0 Å². The second kappa shape index (κ2) is 9.00. The Morgan fingerprint density at radius 1 is 0.900 bits per heavy atom. The number of carbonyl (C=O) groups excluding carboxylic acids is 1. The first-order valence-corrected chi connectivity index (χ1v) is 10.5. The highest BCUT2D eigenvalue weighted by molar-refractivity contribution is 5.84. The molecule has 0 N–H and O–H groups in total. The SMILES string of the molecule is C=CC(=O)Oc1ccc2c(c1)Cc1cc(-c3ccc(OCCCCC)cc3)ccc1-2. The second-order valence-corrected chi connectivity index (χ2v) is 7.57. The molecule has 0 saturated carbocycles. The summed E-state index contributed by atoms with van der Waals surface area (Å²) in [5.41, 5.74) is 7.27. The third-order valence-corrected chi connectivity index (χ3v) is 5.44. The molecule has 0 saturated heterocycles. The van der Waals surface area contributed by atoms with E-state index in [1.165, 1.54) is 52.3 Å². The van der Waals surface area contributed by atoms with Crippen LogP contribution in [0.5, 0.6) is 11.5 Å². The number of hydrogen-bond donors (Lipinski definition) is 0. The second-order valence-electron chi connectivity index (χ2n) is 7.57. The van der Waals surface area contributed by atoms with Crippen molar-refractivity contribution < 1.29 is 14.3 Å². The zero-order valence-electron chi connectivity index (χ0n) is 17.3. The molecule has 0 radical (unpaired) electrons. The molecule has 3 aromatic carbocycles. The quantitative estimate of drug-likeness (QED) is 0.145. The summed E-state index contributed by atoms with van der Waals surface area (Å²) in [5.74, 6) is 1.04. The fourth-order valence-corrected chi connectivity index (χ4v) is 3.87. The van der Waals surface area contributed by atoms with Crippen LogP contribution in [0.15, 0.2) is 73.3 Å². The Hall–Kier alpha value is -3.33. The van der Waals surface area contributed by atoms with Crippen LogP contribution in [0.3, 0.4) is 0 Å². The maximum Gasteiger partial charge on any atom is 0.335 e. The van der Waals surface area contributed by atoms with Gasteiger partial charge < -0.3 is 9.47 Å². The molecule has 0 heterocycles. The number of fused-ring (bicyclic) bond motifs is 3. The number of carbonyl (C=O) groups is 1. The van der Waals surface area contributed by atoms with Crippen LogP contribution < -0.4 is 9.47 Å². The fourth-order valence-electron chi connectivity index (χ4n) is 3.87. The zero-order chi connectivity index (χ0) is 20.9. The van der Waals surface area contributed by atoms with Gasteiger partial charge in [0.25, 0.3) is 0 Å². The average Bonchev–Trinajstić information content (AvgIpc) is 3.14. The van der Waals surface area contributed by atoms with Crippen molar-refractivity contribution in [2.75, 3.05) is 6.61 Å². The number of rotatable bonds is 8. The number of esters is 1. The van der Waals surface area contributed by atoms with Crippen LogP contribution in [-0.2, 0) is 11.2 Å². The summed E-state index contributed by atoms with van der Waals surface area (Å²) in [5, 5.41) is 0. The van der Waals surface area contributed by atoms with Crippen LogP contribution in [0.1, 0.15) is 37.3 Å². The number of benzene rings is 3. The van der Waals surface area contributed by atoms with E-state index in [1.54, 1.807) is 0 Å². The standard InChI is InChI=1S/C27H26O3/c1-3-5-6-15-29-23-10-7-19(8-11-23)20-9-13-25-21(16-20)17-22-18-24(12-14-26(22)25)30-27(28)4-2/h4,7-14,16,18H,2-3,5-6,15,17H2,1H3. The van der Waals surface area contributed by atoms with Crippen LogP contribution in [0.25, 0.3) is 22.3 Å². The molecular formula is C27H26O3. The van der Waals surface area contributed by atoms with Crippen molar-refractivity contribution in [1.29, 1.82) is 0 Å². The molecule has 1 aliphatic carbocycles. The van der Waals surface area contributed by atoms with Gasteiger partial charge >= 0.3 is 5.97 Å². The minimum absolute atomic E-state index is 0.439. The third kappa shape index (κ3) is 4.30. The summed E-state index contributed by atoms with van der Waals surface area (Å²) >= 11 is 0. The first-order chi connectivity index (χ1) is 14.7. The van der Waals surface area contributed by atoms with Crippen molar-refractivity contribution in [1.82, 2.24) is 0 Å². The Morgan fingerprint density at radius 2 is 1.57 bits per heavy atom. The lowest BCUT2D eigenvalue weighted by Gasteiger charge is -2.09. The van der Waals surface area contributed by atoms with E-state index in [0.717, 1.165) is 25.2 Å². The highest BCUT2D eigenvalue weighted by Gasteiger charge is 2.20. The average molecular weight is 399 g/mol. The molecule has 0 aromatic heterocycles. The Kier molecular flexibility index (Phi) is 5.99. The van der Waals surface area contributed by atoms with Gasteiger partial charge in [-0.3, -0.25) is 0 Å². The fraction of sp³-hybridized carbons (Fsp3) is 0.222. The summed E-state index contributed by atoms with van der Waals surface area (Å²) < 4.78 is 11.1. The van der Waals surface area contributed by atoms with Crippen molar-refractivity contribution in [3.8, 4) is 33.8 Å². The normalized spacial score (nSPS) is 11.5. The van der Waals surface area contributed by atoms with Gasteiger partial charge in [0.05, 0.1) is 6.61 Å². The highest BCUT2D eigenvalue weighted by atomic mass is 16.5. The van der Waals surface area contributed by atoms with Crippen LogP contribution in [0, 0.1) is 0 Å². The summed E-state index contributed by atoms with van der Waals surface area (Å²) in [6.45, 7) is 6.41. The minimum atomic E-state index is -0.439. The smallest absolute Gasteiger partial charge is 0.335 e. The van der Waals surface area contributed by atoms with E-state index in [-0.39, 0.29) is 0 Å². The van der Waals surface area contributed by atoms with Crippen molar-refractivity contribution in [2.24, 2.45) is 0 Å². The van der Waals surface area contributed by atoms with Gasteiger partial charge in [-0.15, -0.1) is 0 Å². The van der Waals surface area contributed by atoms with Crippen LogP contribution in [-0.4, -0.2) is 12.6 Å². The Bertz CT molecular complexity index is 1060. The lowest BCUT2D eigenvalue weighted by Crippen LogP contribution is -2.03. The molecule has 3 nitrogen and oxygen atoms in total. The first kappa shape index (κ1) is 20.0. The molecule has 30 heavy (non-hydrogen) atoms. The molecule has 4 rings (SSSR count). The van der Waals surface area contributed by atoms with Crippen LogP contribution >= 0.6 is 0 Å². The molecule has 1 aliphatic rings. The summed E-state index contributed by atoms with van der Waals surface area (Å²) in [7, 11) is 0. The predicted octanol–water partition coefficient (Wildman–Crippen LogP) is 6.59. The van der Waals surface area contributed by atoms with E-state index in [2.05, 4.69) is 43.8 Å². The van der Waals surface area contributed by atoms with E-state index in [0.29, 0.717) is 5.75 Å². The Labute approximate surface area is 178 Å². The summed E-state index contributed by atoms with van der Waals surface area (Å²) in [6.07, 6.45) is 5.50. The monoisotopic (exact) mass is 398 g/mol. The minimum Gasteiger partial charge on any atom is -0.494 e. The van der Waals surface area contributed by atoms with Gasteiger partial charge in [0.2, 0.25) is 0 Å². The van der Waals surface area contributed by atoms with Crippen molar-refractivity contribution in [3.05, 3.63) is 84.4 Å².